The summed E-state index contributed by atoms with van der Waals surface area (Å²) >= 11 is 0. The number of hydrogen-bond acceptors (Lipinski definition) is 4. The molecule has 49 heavy (non-hydrogen) atoms. The van der Waals surface area contributed by atoms with Gasteiger partial charge in [0.1, 0.15) is 6.10 Å². The predicted octanol–water partition coefficient (Wildman–Crippen LogP) is 14.4. The summed E-state index contributed by atoms with van der Waals surface area (Å²) < 4.78 is 17.7. The van der Waals surface area contributed by atoms with Gasteiger partial charge in [0.2, 0.25) is 0 Å². The molecule has 0 aromatic heterocycles. The predicted molar refractivity (Wildman–Crippen MR) is 214 cm³/mol. The van der Waals surface area contributed by atoms with Gasteiger partial charge in [-0.15, -0.1) is 0 Å². The second kappa shape index (κ2) is 37.0. The number of carbonyl (C=O) groups is 1. The number of rotatable bonds is 38. The average molecular weight is 696 g/mol. The Morgan fingerprint density at radius 2 is 0.878 bits per heavy atom. The summed E-state index contributed by atoms with van der Waals surface area (Å²) in [6.07, 6.45) is 40.5. The van der Waals surface area contributed by atoms with E-state index in [4.69, 9.17) is 14.2 Å². The minimum absolute atomic E-state index is 0.0455. The normalized spacial score (nSPS) is 13.1. The lowest BCUT2D eigenvalue weighted by atomic mass is 10.0. The molecule has 0 aromatic rings. The molecule has 0 aliphatic heterocycles. The van der Waals surface area contributed by atoms with E-state index in [-0.39, 0.29) is 23.9 Å². The fraction of sp³-hybridized carbons (Fsp3) is 0.977. The van der Waals surface area contributed by atoms with E-state index in [1.54, 1.807) is 0 Å². The molecule has 0 radical (unpaired) electrons. The van der Waals surface area contributed by atoms with Gasteiger partial charge in [-0.25, -0.2) is 4.79 Å². The van der Waals surface area contributed by atoms with Gasteiger partial charge in [-0.3, -0.25) is 0 Å². The first-order chi connectivity index (χ1) is 23.8. The van der Waals surface area contributed by atoms with Crippen LogP contribution in [0.3, 0.4) is 0 Å². The second-order valence-electron chi connectivity index (χ2n) is 16.2. The molecule has 0 aromatic carbocycles. The molecule has 5 heteroatoms. The van der Waals surface area contributed by atoms with Gasteiger partial charge in [-0.05, 0) is 66.2 Å². The second-order valence-corrected chi connectivity index (χ2v) is 16.2. The lowest BCUT2D eigenvalue weighted by molar-refractivity contribution is -0.0288. The van der Waals surface area contributed by atoms with Crippen LogP contribution in [0.15, 0.2) is 0 Å². The fourth-order valence-electron chi connectivity index (χ4n) is 6.57. The third kappa shape index (κ3) is 39.8. The van der Waals surface area contributed by atoms with Crippen molar-refractivity contribution in [2.45, 2.75) is 258 Å². The molecule has 0 saturated heterocycles. The molecule has 5 nitrogen and oxygen atoms in total. The Hall–Kier alpha value is -0.810. The Morgan fingerprint density at radius 1 is 0.510 bits per heavy atom. The third-order valence-electron chi connectivity index (χ3n) is 9.84. The Kier molecular flexibility index (Phi) is 36.4. The van der Waals surface area contributed by atoms with Crippen molar-refractivity contribution in [1.29, 1.82) is 0 Å². The van der Waals surface area contributed by atoms with E-state index >= 15 is 0 Å². The summed E-state index contributed by atoms with van der Waals surface area (Å²) in [5, 5.41) is 2.98. The highest BCUT2D eigenvalue weighted by molar-refractivity contribution is 5.67. The van der Waals surface area contributed by atoms with Crippen LogP contribution in [0.25, 0.3) is 0 Å². The van der Waals surface area contributed by atoms with Crippen LogP contribution in [0.5, 0.6) is 0 Å². The van der Waals surface area contributed by atoms with Crippen LogP contribution in [-0.2, 0) is 14.2 Å². The van der Waals surface area contributed by atoms with Gasteiger partial charge in [0, 0.05) is 19.8 Å². The summed E-state index contributed by atoms with van der Waals surface area (Å²) in [6.45, 7) is 14.8. The van der Waals surface area contributed by atoms with Crippen LogP contribution in [0.4, 0.5) is 4.79 Å². The van der Waals surface area contributed by atoms with Crippen LogP contribution in [0, 0.1) is 0 Å². The van der Waals surface area contributed by atoms with Crippen molar-refractivity contribution in [2.24, 2.45) is 0 Å². The van der Waals surface area contributed by atoms with Crippen molar-refractivity contribution in [2.75, 3.05) is 19.8 Å². The fourth-order valence-corrected chi connectivity index (χ4v) is 6.57. The molecule has 2 atom stereocenters. The number of carbonyl (C=O) groups excluding carboxylic acids is 1. The zero-order valence-electron chi connectivity index (χ0n) is 34.3. The molecule has 0 saturated carbocycles. The molecule has 2 unspecified atom stereocenters. The Labute approximate surface area is 307 Å². The number of amides is 1. The minimum atomic E-state index is -0.253. The van der Waals surface area contributed by atoms with E-state index < -0.39 is 0 Å². The summed E-state index contributed by atoms with van der Waals surface area (Å²) in [7, 11) is 0. The molecule has 0 rings (SSSR count). The van der Waals surface area contributed by atoms with Gasteiger partial charge in [0.15, 0.2) is 0 Å². The molecule has 0 bridgehead atoms. The Morgan fingerprint density at radius 3 is 1.24 bits per heavy atom. The summed E-state index contributed by atoms with van der Waals surface area (Å²) in [6, 6.07) is 0. The molecule has 0 heterocycles. The Bertz CT molecular complexity index is 664. The van der Waals surface area contributed by atoms with Gasteiger partial charge in [-0.2, -0.15) is 0 Å². The lowest BCUT2D eigenvalue weighted by Gasteiger charge is -2.21. The highest BCUT2D eigenvalue weighted by Crippen LogP contribution is 2.19. The molecule has 0 fully saturated rings. The number of unbranched alkanes of at least 4 members (excludes halogenated alkanes) is 25. The number of alkyl carbamates (subject to hydrolysis) is 1. The molecule has 294 valence electrons. The zero-order chi connectivity index (χ0) is 36.1. The van der Waals surface area contributed by atoms with Crippen LogP contribution < -0.4 is 5.32 Å². The number of ether oxygens (including phenoxy) is 3. The van der Waals surface area contributed by atoms with Crippen molar-refractivity contribution in [3.05, 3.63) is 0 Å². The lowest BCUT2D eigenvalue weighted by Crippen LogP contribution is -2.30. The first-order valence-electron chi connectivity index (χ1n) is 22.0. The largest absolute Gasteiger partial charge is 0.446 e. The topological polar surface area (TPSA) is 56.8 Å². The van der Waals surface area contributed by atoms with Gasteiger partial charge in [-0.1, -0.05) is 174 Å². The van der Waals surface area contributed by atoms with Crippen LogP contribution >= 0.6 is 0 Å². The molecule has 0 spiro atoms. The highest BCUT2D eigenvalue weighted by atomic mass is 16.6. The maximum Gasteiger partial charge on any atom is 0.407 e. The molecule has 0 aliphatic rings. The van der Waals surface area contributed by atoms with Crippen LogP contribution in [0.2, 0.25) is 0 Å². The maximum absolute atomic E-state index is 12.7. The number of hydrogen-bond donors (Lipinski definition) is 1. The van der Waals surface area contributed by atoms with Crippen molar-refractivity contribution in [3.63, 3.8) is 0 Å². The van der Waals surface area contributed by atoms with Crippen molar-refractivity contribution >= 4 is 6.09 Å². The summed E-state index contributed by atoms with van der Waals surface area (Å²) in [4.78, 5) is 12.7. The summed E-state index contributed by atoms with van der Waals surface area (Å²) in [5.74, 6) is 0. The van der Waals surface area contributed by atoms with Crippen LogP contribution in [-0.4, -0.2) is 43.7 Å². The SMILES string of the molecule is CCCCCCCCCCCCCCCCCC(CCCCCCCCCCCCCC)OC(=O)NCCCOC(C)CCOC(C)(C)C. The summed E-state index contributed by atoms with van der Waals surface area (Å²) in [5.41, 5.74) is -0.110. The molecule has 0 aliphatic carbocycles. The standard InChI is InChI=1S/C44H89NO4/c1-7-9-11-13-15-17-19-21-22-23-25-27-29-31-33-36-42(35-32-30-28-26-24-20-18-16-14-12-10-8-2)49-43(46)45-38-34-39-47-41(3)37-40-48-44(4,5)6/h41-42H,7-40H2,1-6H3,(H,45,46). The molecule has 1 N–H and O–H groups in total. The van der Waals surface area contributed by atoms with Crippen molar-refractivity contribution in [1.82, 2.24) is 5.32 Å². The molecular weight excluding hydrogens is 606 g/mol. The molecule has 1 amide bonds. The van der Waals surface area contributed by atoms with Crippen molar-refractivity contribution < 1.29 is 19.0 Å². The van der Waals surface area contributed by atoms with E-state index in [2.05, 4.69) is 46.9 Å². The number of nitrogens with one attached hydrogen (secondary N) is 1. The van der Waals surface area contributed by atoms with Gasteiger partial charge in [0.05, 0.1) is 11.7 Å². The zero-order valence-corrected chi connectivity index (χ0v) is 34.3. The van der Waals surface area contributed by atoms with E-state index in [9.17, 15) is 4.79 Å². The first kappa shape index (κ1) is 48.2. The van der Waals surface area contributed by atoms with E-state index in [0.717, 1.165) is 25.7 Å². The van der Waals surface area contributed by atoms with E-state index in [1.165, 1.54) is 173 Å². The minimum Gasteiger partial charge on any atom is -0.446 e. The average Bonchev–Trinajstić information content (AvgIpc) is 3.06. The maximum atomic E-state index is 12.7. The Balaban J connectivity index is 4.16. The quantitative estimate of drug-likeness (QED) is 0.0653. The smallest absolute Gasteiger partial charge is 0.407 e. The monoisotopic (exact) mass is 696 g/mol. The van der Waals surface area contributed by atoms with E-state index in [1.807, 2.05) is 0 Å². The van der Waals surface area contributed by atoms with Gasteiger partial charge >= 0.3 is 6.09 Å². The first-order valence-corrected chi connectivity index (χ1v) is 22.0. The third-order valence-corrected chi connectivity index (χ3v) is 9.84. The highest BCUT2D eigenvalue weighted by Gasteiger charge is 2.15. The van der Waals surface area contributed by atoms with E-state index in [0.29, 0.717) is 19.8 Å². The van der Waals surface area contributed by atoms with Gasteiger partial charge in [0.25, 0.3) is 0 Å². The van der Waals surface area contributed by atoms with Gasteiger partial charge < -0.3 is 19.5 Å². The van der Waals surface area contributed by atoms with Crippen molar-refractivity contribution in [3.8, 4) is 0 Å². The molecular formula is C44H89NO4. The van der Waals surface area contributed by atoms with Crippen LogP contribution in [0.1, 0.15) is 241 Å².